The topological polar surface area (TPSA) is 43.1 Å². The zero-order valence-electron chi connectivity index (χ0n) is 9.71. The monoisotopic (exact) mass is 263 g/mol. The molecule has 2 aromatic rings. The normalized spacial score (nSPS) is 10.4. The molecular formula is C14H11ClFNO. The van der Waals surface area contributed by atoms with Crippen molar-refractivity contribution in [2.24, 2.45) is 5.73 Å². The van der Waals surface area contributed by atoms with Gasteiger partial charge in [0.15, 0.2) is 0 Å². The van der Waals surface area contributed by atoms with Gasteiger partial charge in [0.05, 0.1) is 5.02 Å². The van der Waals surface area contributed by atoms with E-state index in [9.17, 15) is 9.18 Å². The van der Waals surface area contributed by atoms with Gasteiger partial charge in [-0.2, -0.15) is 0 Å². The number of primary amides is 1. The van der Waals surface area contributed by atoms with Crippen LogP contribution in [-0.2, 0) is 0 Å². The Hall–Kier alpha value is -1.87. The molecule has 0 aliphatic carbocycles. The molecule has 0 radical (unpaired) electrons. The van der Waals surface area contributed by atoms with Crippen LogP contribution in [0.15, 0.2) is 36.4 Å². The van der Waals surface area contributed by atoms with E-state index in [-0.39, 0.29) is 5.02 Å². The molecule has 2 rings (SSSR count). The summed E-state index contributed by atoms with van der Waals surface area (Å²) in [5, 5.41) is 0.0717. The Balaban J connectivity index is 2.60. The summed E-state index contributed by atoms with van der Waals surface area (Å²) in [6, 6.07) is 9.71. The predicted octanol–water partition coefficient (Wildman–Crippen LogP) is 3.55. The van der Waals surface area contributed by atoms with Gasteiger partial charge in [-0.25, -0.2) is 4.39 Å². The molecule has 18 heavy (non-hydrogen) atoms. The van der Waals surface area contributed by atoms with Crippen LogP contribution >= 0.6 is 11.6 Å². The first-order valence-electron chi connectivity index (χ1n) is 5.35. The van der Waals surface area contributed by atoms with Crippen LogP contribution in [0.4, 0.5) is 4.39 Å². The molecule has 0 heterocycles. The number of carbonyl (C=O) groups is 1. The average Bonchev–Trinajstić information content (AvgIpc) is 2.33. The largest absolute Gasteiger partial charge is 0.366 e. The van der Waals surface area contributed by atoms with Crippen LogP contribution in [0.5, 0.6) is 0 Å². The van der Waals surface area contributed by atoms with Crippen LogP contribution in [0.3, 0.4) is 0 Å². The molecular weight excluding hydrogens is 253 g/mol. The third-order valence-corrected chi connectivity index (χ3v) is 3.14. The molecule has 2 nitrogen and oxygen atoms in total. The van der Waals surface area contributed by atoms with Crippen LogP contribution in [-0.4, -0.2) is 5.91 Å². The summed E-state index contributed by atoms with van der Waals surface area (Å²) < 4.78 is 13.4. The van der Waals surface area contributed by atoms with E-state index in [1.807, 2.05) is 6.07 Å². The summed E-state index contributed by atoms with van der Waals surface area (Å²) >= 11 is 5.64. The van der Waals surface area contributed by atoms with Crippen LogP contribution in [0, 0.1) is 12.7 Å². The molecule has 0 saturated heterocycles. The summed E-state index contributed by atoms with van der Waals surface area (Å²) in [5.74, 6) is -0.984. The average molecular weight is 264 g/mol. The summed E-state index contributed by atoms with van der Waals surface area (Å²) in [4.78, 5) is 11.3. The summed E-state index contributed by atoms with van der Waals surface area (Å²) in [6.45, 7) is 1.78. The Morgan fingerprint density at radius 2 is 2.00 bits per heavy atom. The van der Waals surface area contributed by atoms with Crippen molar-refractivity contribution in [1.29, 1.82) is 0 Å². The lowest BCUT2D eigenvalue weighted by atomic mass is 9.96. The molecule has 0 unspecified atom stereocenters. The third kappa shape index (κ3) is 2.22. The maximum atomic E-state index is 13.4. The fraction of sp³-hybridized carbons (Fsp3) is 0.0714. The maximum Gasteiger partial charge on any atom is 0.248 e. The van der Waals surface area contributed by atoms with Crippen LogP contribution < -0.4 is 5.73 Å². The van der Waals surface area contributed by atoms with Gasteiger partial charge < -0.3 is 5.73 Å². The van der Waals surface area contributed by atoms with Gasteiger partial charge in [0, 0.05) is 5.56 Å². The third-order valence-electron chi connectivity index (χ3n) is 2.83. The minimum atomic E-state index is -0.496. The van der Waals surface area contributed by atoms with E-state index in [4.69, 9.17) is 17.3 Å². The molecule has 0 aromatic heterocycles. The first kappa shape index (κ1) is 12.6. The Labute approximate surface area is 109 Å². The predicted molar refractivity (Wildman–Crippen MR) is 70.1 cm³/mol. The number of amides is 1. The highest BCUT2D eigenvalue weighted by Gasteiger charge is 2.11. The minimum absolute atomic E-state index is 0.0717. The second-order valence-electron chi connectivity index (χ2n) is 3.97. The van der Waals surface area contributed by atoms with Crippen molar-refractivity contribution in [3.8, 4) is 11.1 Å². The quantitative estimate of drug-likeness (QED) is 0.885. The SMILES string of the molecule is Cc1c(C(N)=O)cccc1-c1ccc(Cl)c(F)c1. The highest BCUT2D eigenvalue weighted by Crippen LogP contribution is 2.28. The molecule has 4 heteroatoms. The molecule has 0 spiro atoms. The van der Waals surface area contributed by atoms with Crippen molar-refractivity contribution < 1.29 is 9.18 Å². The standard InChI is InChI=1S/C14H11ClFNO/c1-8-10(3-2-4-11(8)14(17)18)9-5-6-12(15)13(16)7-9/h2-7H,1H3,(H2,17,18). The van der Waals surface area contributed by atoms with Crippen LogP contribution in [0.25, 0.3) is 11.1 Å². The van der Waals surface area contributed by atoms with Gasteiger partial charge in [-0.1, -0.05) is 29.8 Å². The number of carbonyl (C=O) groups excluding carboxylic acids is 1. The number of hydrogen-bond donors (Lipinski definition) is 1. The van der Waals surface area contributed by atoms with E-state index in [1.165, 1.54) is 12.1 Å². The van der Waals surface area contributed by atoms with Gasteiger partial charge >= 0.3 is 0 Å². The van der Waals surface area contributed by atoms with E-state index < -0.39 is 11.7 Å². The molecule has 0 aliphatic heterocycles. The summed E-state index contributed by atoms with van der Waals surface area (Å²) in [6.07, 6.45) is 0. The zero-order valence-corrected chi connectivity index (χ0v) is 10.5. The van der Waals surface area contributed by atoms with E-state index >= 15 is 0 Å². The maximum absolute atomic E-state index is 13.4. The number of halogens is 2. The van der Waals surface area contributed by atoms with E-state index in [1.54, 1.807) is 25.1 Å². The smallest absolute Gasteiger partial charge is 0.248 e. The molecule has 0 fully saturated rings. The highest BCUT2D eigenvalue weighted by molar-refractivity contribution is 6.30. The van der Waals surface area contributed by atoms with Gasteiger partial charge in [-0.15, -0.1) is 0 Å². The molecule has 92 valence electrons. The summed E-state index contributed by atoms with van der Waals surface area (Å²) in [5.41, 5.74) is 7.87. The van der Waals surface area contributed by atoms with Crippen molar-refractivity contribution in [2.75, 3.05) is 0 Å². The van der Waals surface area contributed by atoms with Crippen molar-refractivity contribution in [3.63, 3.8) is 0 Å². The van der Waals surface area contributed by atoms with Crippen molar-refractivity contribution in [2.45, 2.75) is 6.92 Å². The van der Waals surface area contributed by atoms with Crippen molar-refractivity contribution in [1.82, 2.24) is 0 Å². The second kappa shape index (κ2) is 4.78. The van der Waals surface area contributed by atoms with E-state index in [0.29, 0.717) is 11.1 Å². The molecule has 0 bridgehead atoms. The molecule has 1 amide bonds. The Morgan fingerprint density at radius 3 is 2.61 bits per heavy atom. The number of benzene rings is 2. The second-order valence-corrected chi connectivity index (χ2v) is 4.38. The zero-order chi connectivity index (χ0) is 13.3. The highest BCUT2D eigenvalue weighted by atomic mass is 35.5. The first-order chi connectivity index (χ1) is 8.50. The van der Waals surface area contributed by atoms with Gasteiger partial charge in [-0.05, 0) is 41.8 Å². The number of nitrogens with two attached hydrogens (primary N) is 1. The minimum Gasteiger partial charge on any atom is -0.366 e. The molecule has 2 aromatic carbocycles. The fourth-order valence-electron chi connectivity index (χ4n) is 1.88. The Kier molecular flexibility index (Phi) is 3.34. The van der Waals surface area contributed by atoms with Gasteiger partial charge in [0.1, 0.15) is 5.82 Å². The van der Waals surface area contributed by atoms with Crippen LogP contribution in [0.1, 0.15) is 15.9 Å². The first-order valence-corrected chi connectivity index (χ1v) is 5.73. The van der Waals surface area contributed by atoms with E-state index in [0.717, 1.165) is 11.1 Å². The lowest BCUT2D eigenvalue weighted by Crippen LogP contribution is -2.12. The lowest BCUT2D eigenvalue weighted by Gasteiger charge is -2.09. The van der Waals surface area contributed by atoms with Crippen LogP contribution in [0.2, 0.25) is 5.02 Å². The molecule has 0 aliphatic rings. The Morgan fingerprint density at radius 1 is 1.28 bits per heavy atom. The lowest BCUT2D eigenvalue weighted by molar-refractivity contribution is 0.1000. The fourth-order valence-corrected chi connectivity index (χ4v) is 2.00. The Bertz CT molecular complexity index is 625. The van der Waals surface area contributed by atoms with Crippen molar-refractivity contribution in [3.05, 3.63) is 58.4 Å². The molecule has 2 N–H and O–H groups in total. The number of rotatable bonds is 2. The van der Waals surface area contributed by atoms with Crippen molar-refractivity contribution >= 4 is 17.5 Å². The van der Waals surface area contributed by atoms with E-state index in [2.05, 4.69) is 0 Å². The van der Waals surface area contributed by atoms with Gasteiger partial charge in [0.25, 0.3) is 0 Å². The van der Waals surface area contributed by atoms with Gasteiger partial charge in [0.2, 0.25) is 5.91 Å². The van der Waals surface area contributed by atoms with Gasteiger partial charge in [-0.3, -0.25) is 4.79 Å². The molecule has 0 atom stereocenters. The number of hydrogen-bond acceptors (Lipinski definition) is 1. The molecule has 0 saturated carbocycles. The summed E-state index contributed by atoms with van der Waals surface area (Å²) in [7, 11) is 0.